The maximum absolute atomic E-state index is 12.7. The van der Waals surface area contributed by atoms with Crippen LogP contribution in [0.5, 0.6) is 0 Å². The molecule has 0 aromatic carbocycles. The minimum absolute atomic E-state index is 0.0324. The Bertz CT molecular complexity index is 1070. The number of hydrogen-bond donors (Lipinski definition) is 0. The van der Waals surface area contributed by atoms with E-state index in [0.29, 0.717) is 12.8 Å². The highest BCUT2D eigenvalue weighted by atomic mass is 16.6. The lowest BCUT2D eigenvalue weighted by Crippen LogP contribution is -2.55. The van der Waals surface area contributed by atoms with Crippen molar-refractivity contribution in [3.05, 3.63) is 48.6 Å². The molecule has 0 aromatic heterocycles. The lowest BCUT2D eigenvalue weighted by Gasteiger charge is -2.34. The van der Waals surface area contributed by atoms with Crippen molar-refractivity contribution in [1.82, 2.24) is 0 Å². The highest BCUT2D eigenvalue weighted by Crippen LogP contribution is 2.13. The molecule has 0 spiro atoms. The summed E-state index contributed by atoms with van der Waals surface area (Å²) in [6, 6.07) is -0.730. The van der Waals surface area contributed by atoms with Crippen molar-refractivity contribution in [1.29, 1.82) is 0 Å². The predicted octanol–water partition coefficient (Wildman–Crippen LogP) is 11.5. The van der Waals surface area contributed by atoms with Crippen molar-refractivity contribution in [2.24, 2.45) is 0 Å². The minimum atomic E-state index is -1.13. The quantitative estimate of drug-likeness (QED) is 0.0262. The lowest BCUT2D eigenvalue weighted by atomic mass is 10.1. The molecule has 0 saturated carbocycles. The fourth-order valence-electron chi connectivity index (χ4n) is 6.54. The van der Waals surface area contributed by atoms with E-state index < -0.39 is 18.1 Å². The number of quaternary nitrogens is 1. The van der Waals surface area contributed by atoms with Gasteiger partial charge < -0.3 is 28.6 Å². The van der Waals surface area contributed by atoms with Gasteiger partial charge in [-0.2, -0.15) is 0 Å². The van der Waals surface area contributed by atoms with E-state index >= 15 is 0 Å². The van der Waals surface area contributed by atoms with Crippen LogP contribution in [0.4, 0.5) is 0 Å². The van der Waals surface area contributed by atoms with E-state index in [0.717, 1.165) is 77.0 Å². The fourth-order valence-corrected chi connectivity index (χ4v) is 6.54. The van der Waals surface area contributed by atoms with Gasteiger partial charge >= 0.3 is 11.9 Å². The Balaban J connectivity index is 4.35. The van der Waals surface area contributed by atoms with Crippen LogP contribution < -0.4 is 5.11 Å². The number of hydrogen-bond acceptors (Lipinski definition) is 7. The van der Waals surface area contributed by atoms with E-state index in [9.17, 15) is 19.5 Å². The van der Waals surface area contributed by atoms with E-state index in [1.165, 1.54) is 83.5 Å². The smallest absolute Gasteiger partial charge is 0.306 e. The SMILES string of the molecule is CCCCC/C=C\C/C=C\CCCCCCCC(=O)OCC(COCCC(C(=O)[O-])[N+](C)(C)C)OC(=O)CCCCCCCCC/C=C\C/C=C\CCCCCC. The molecule has 0 aromatic rings. The van der Waals surface area contributed by atoms with Crippen LogP contribution in [-0.4, -0.2) is 75.5 Å². The van der Waals surface area contributed by atoms with Crippen LogP contribution in [0.3, 0.4) is 0 Å². The Hall–Kier alpha value is -2.71. The summed E-state index contributed by atoms with van der Waals surface area (Å²) in [4.78, 5) is 36.9. The van der Waals surface area contributed by atoms with Crippen LogP contribution in [0.25, 0.3) is 0 Å². The van der Waals surface area contributed by atoms with Gasteiger partial charge in [0.05, 0.1) is 40.3 Å². The van der Waals surface area contributed by atoms with Crippen LogP contribution in [0.15, 0.2) is 48.6 Å². The number of carboxylic acid groups (broad SMARTS) is 1. The van der Waals surface area contributed by atoms with Crippen molar-refractivity contribution in [2.45, 2.75) is 206 Å². The first-order chi connectivity index (χ1) is 27.6. The average Bonchev–Trinajstić information content (AvgIpc) is 3.17. The topological polar surface area (TPSA) is 102 Å². The molecule has 0 rings (SSSR count). The van der Waals surface area contributed by atoms with Crippen molar-refractivity contribution < 1.29 is 38.2 Å². The summed E-state index contributed by atoms with van der Waals surface area (Å²) in [5.74, 6) is -1.76. The third kappa shape index (κ3) is 38.6. The number of unbranched alkanes of at least 4 members (excludes halogenated alkanes) is 19. The van der Waals surface area contributed by atoms with Gasteiger partial charge in [0.1, 0.15) is 12.6 Å². The standard InChI is InChI=1S/C49H87NO7/c1-6-8-10-12-14-16-18-20-22-23-24-26-28-30-32-34-36-38-40-48(52)57-45(43-55-42-41-46(49(53)54)50(3,4)5)44-56-47(51)39-37-35-33-31-29-27-25-21-19-17-15-13-11-9-7-2/h15-18,21-23,25,45-46H,6-14,19-20,24,26-44H2,1-5H3/b17-15-,18-16-,23-22-,25-21-. The van der Waals surface area contributed by atoms with Gasteiger partial charge in [-0.1, -0.05) is 146 Å². The van der Waals surface area contributed by atoms with Crippen LogP contribution in [-0.2, 0) is 28.6 Å². The molecule has 0 radical (unpaired) electrons. The highest BCUT2D eigenvalue weighted by Gasteiger charge is 2.25. The summed E-state index contributed by atoms with van der Waals surface area (Å²) in [5.41, 5.74) is 0. The molecule has 330 valence electrons. The molecule has 2 atom stereocenters. The summed E-state index contributed by atoms with van der Waals surface area (Å²) < 4.78 is 17.2. The number of carbonyl (C=O) groups is 3. The second-order valence-electron chi connectivity index (χ2n) is 16.6. The van der Waals surface area contributed by atoms with Gasteiger partial charge in [-0.3, -0.25) is 9.59 Å². The molecule has 0 heterocycles. The number of ether oxygens (including phenoxy) is 3. The molecule has 0 aliphatic rings. The molecular weight excluding hydrogens is 715 g/mol. The number of carbonyl (C=O) groups excluding carboxylic acids is 3. The molecule has 0 bridgehead atoms. The van der Waals surface area contributed by atoms with Crippen LogP contribution in [0.2, 0.25) is 0 Å². The summed E-state index contributed by atoms with van der Waals surface area (Å²) in [7, 11) is 5.40. The first kappa shape index (κ1) is 54.3. The minimum Gasteiger partial charge on any atom is -0.544 e. The molecule has 8 nitrogen and oxygen atoms in total. The van der Waals surface area contributed by atoms with Crippen molar-refractivity contribution in [3.63, 3.8) is 0 Å². The molecule has 57 heavy (non-hydrogen) atoms. The maximum Gasteiger partial charge on any atom is 0.306 e. The lowest BCUT2D eigenvalue weighted by molar-refractivity contribution is -0.889. The van der Waals surface area contributed by atoms with Crippen molar-refractivity contribution >= 4 is 17.9 Å². The molecule has 0 aliphatic heterocycles. The van der Waals surface area contributed by atoms with Gasteiger partial charge in [0, 0.05) is 19.3 Å². The zero-order valence-electron chi connectivity index (χ0n) is 37.5. The molecule has 0 N–H and O–H groups in total. The molecule has 0 fully saturated rings. The molecule has 8 heteroatoms. The number of nitrogens with zero attached hydrogens (tertiary/aromatic N) is 1. The molecule has 0 amide bonds. The Morgan fingerprint density at radius 3 is 1.39 bits per heavy atom. The van der Waals surface area contributed by atoms with E-state index in [-0.39, 0.29) is 42.7 Å². The number of carboxylic acids is 1. The number of aliphatic carboxylic acids is 1. The fraction of sp³-hybridized carbons (Fsp3) is 0.776. The van der Waals surface area contributed by atoms with Crippen molar-refractivity contribution in [3.8, 4) is 0 Å². The van der Waals surface area contributed by atoms with Gasteiger partial charge in [0.25, 0.3) is 0 Å². The third-order valence-corrected chi connectivity index (χ3v) is 10.2. The second kappa shape index (κ2) is 40.1. The normalized spacial score (nSPS) is 13.4. The largest absolute Gasteiger partial charge is 0.544 e. The van der Waals surface area contributed by atoms with E-state index in [2.05, 4.69) is 62.5 Å². The number of esters is 2. The molecule has 0 saturated heterocycles. The molecule has 2 unspecified atom stereocenters. The molecular formula is C49H87NO7. The number of allylic oxidation sites excluding steroid dienone is 8. The van der Waals surface area contributed by atoms with Crippen molar-refractivity contribution in [2.75, 3.05) is 41.0 Å². The summed E-state index contributed by atoms with van der Waals surface area (Å²) in [6.07, 6.45) is 47.0. The van der Waals surface area contributed by atoms with Gasteiger partial charge in [-0.05, 0) is 77.0 Å². The summed E-state index contributed by atoms with van der Waals surface area (Å²) in [6.45, 7) is 4.60. The predicted molar refractivity (Wildman–Crippen MR) is 236 cm³/mol. The van der Waals surface area contributed by atoms with Crippen LogP contribution >= 0.6 is 0 Å². The second-order valence-corrected chi connectivity index (χ2v) is 16.6. The Labute approximate surface area is 350 Å². The molecule has 0 aliphatic carbocycles. The van der Waals surface area contributed by atoms with Gasteiger partial charge in [-0.15, -0.1) is 0 Å². The number of rotatable bonds is 41. The van der Waals surface area contributed by atoms with E-state index in [1.807, 2.05) is 0 Å². The Morgan fingerprint density at radius 1 is 0.526 bits per heavy atom. The zero-order chi connectivity index (χ0) is 42.1. The van der Waals surface area contributed by atoms with Crippen LogP contribution in [0, 0.1) is 0 Å². The van der Waals surface area contributed by atoms with Crippen LogP contribution in [0.1, 0.15) is 194 Å². The number of likely N-dealkylation sites (N-methyl/N-ethyl adjacent to an activating group) is 1. The zero-order valence-corrected chi connectivity index (χ0v) is 37.5. The van der Waals surface area contributed by atoms with Gasteiger partial charge in [-0.25, -0.2) is 0 Å². The summed E-state index contributed by atoms with van der Waals surface area (Å²) >= 11 is 0. The maximum atomic E-state index is 12.7. The first-order valence-corrected chi connectivity index (χ1v) is 23.2. The Morgan fingerprint density at radius 2 is 0.930 bits per heavy atom. The Kier molecular flexibility index (Phi) is 38.2. The highest BCUT2D eigenvalue weighted by molar-refractivity contribution is 5.70. The van der Waals surface area contributed by atoms with E-state index in [1.54, 1.807) is 21.1 Å². The average molecular weight is 802 g/mol. The third-order valence-electron chi connectivity index (χ3n) is 10.2. The van der Waals surface area contributed by atoms with E-state index in [4.69, 9.17) is 14.2 Å². The monoisotopic (exact) mass is 802 g/mol. The first-order valence-electron chi connectivity index (χ1n) is 23.2. The summed E-state index contributed by atoms with van der Waals surface area (Å²) in [5, 5.41) is 11.6. The van der Waals surface area contributed by atoms with Gasteiger partial charge in [0.2, 0.25) is 0 Å². The van der Waals surface area contributed by atoms with Gasteiger partial charge in [0.15, 0.2) is 6.10 Å².